The van der Waals surface area contributed by atoms with Crippen molar-refractivity contribution in [1.82, 2.24) is 20.6 Å². The Kier molecular flexibility index (Phi) is 6.23. The molecule has 0 saturated heterocycles. The van der Waals surface area contributed by atoms with Gasteiger partial charge in [0.05, 0.1) is 17.1 Å². The number of thioether (sulfide) groups is 1. The lowest BCUT2D eigenvalue weighted by molar-refractivity contribution is -0.119. The lowest BCUT2D eigenvalue weighted by Crippen LogP contribution is -2.42. The van der Waals surface area contributed by atoms with Crippen LogP contribution in [0.15, 0.2) is 40.1 Å². The Labute approximate surface area is 147 Å². The number of benzene rings is 1. The fraction of sp³-hybridized carbons (Fsp3) is 0.267. The first kappa shape index (κ1) is 17.6. The van der Waals surface area contributed by atoms with Crippen LogP contribution in [-0.4, -0.2) is 33.7 Å². The number of aromatic nitrogens is 2. The predicted molar refractivity (Wildman–Crippen MR) is 94.3 cm³/mol. The minimum absolute atomic E-state index is 0.359. The van der Waals surface area contributed by atoms with Crippen LogP contribution in [0, 0.1) is 0 Å². The highest BCUT2D eigenvalue weighted by atomic mass is 79.9. The molecule has 2 aromatic rings. The van der Waals surface area contributed by atoms with Gasteiger partial charge in [0.15, 0.2) is 5.16 Å². The molecule has 2 rings (SSSR count). The van der Waals surface area contributed by atoms with Gasteiger partial charge < -0.3 is 10.3 Å². The summed E-state index contributed by atoms with van der Waals surface area (Å²) in [7, 11) is 0. The van der Waals surface area contributed by atoms with E-state index in [0.29, 0.717) is 11.7 Å². The summed E-state index contributed by atoms with van der Waals surface area (Å²) in [4.78, 5) is 30.7. The van der Waals surface area contributed by atoms with Crippen LogP contribution < -0.4 is 10.6 Å². The molecule has 23 heavy (non-hydrogen) atoms. The number of amides is 3. The second-order valence-electron chi connectivity index (χ2n) is 4.72. The van der Waals surface area contributed by atoms with E-state index < -0.39 is 11.3 Å². The maximum Gasteiger partial charge on any atom is 0.321 e. The van der Waals surface area contributed by atoms with Gasteiger partial charge in [-0.1, -0.05) is 39.8 Å². The molecule has 3 amide bonds. The van der Waals surface area contributed by atoms with Crippen molar-refractivity contribution in [3.63, 3.8) is 0 Å². The monoisotopic (exact) mass is 396 g/mol. The van der Waals surface area contributed by atoms with Gasteiger partial charge in [0.2, 0.25) is 5.91 Å². The Bertz CT molecular complexity index is 687. The molecule has 0 saturated carbocycles. The number of imide groups is 1. The van der Waals surface area contributed by atoms with Crippen molar-refractivity contribution >= 4 is 39.6 Å². The molecule has 6 nitrogen and oxygen atoms in total. The van der Waals surface area contributed by atoms with Crippen molar-refractivity contribution in [1.29, 1.82) is 0 Å². The van der Waals surface area contributed by atoms with Crippen LogP contribution in [0.2, 0.25) is 0 Å². The normalized spacial score (nSPS) is 11.8. The molecule has 122 valence electrons. The summed E-state index contributed by atoms with van der Waals surface area (Å²) in [5.41, 5.74) is 1.88. The quantitative estimate of drug-likeness (QED) is 0.677. The van der Waals surface area contributed by atoms with Gasteiger partial charge in [-0.2, -0.15) is 0 Å². The first-order chi connectivity index (χ1) is 11.0. The first-order valence-corrected chi connectivity index (χ1v) is 8.73. The van der Waals surface area contributed by atoms with Crippen molar-refractivity contribution in [3.05, 3.63) is 34.9 Å². The maximum atomic E-state index is 11.9. The number of nitrogens with zero attached hydrogens (tertiary/aromatic N) is 1. The van der Waals surface area contributed by atoms with Crippen molar-refractivity contribution < 1.29 is 9.59 Å². The van der Waals surface area contributed by atoms with E-state index in [4.69, 9.17) is 0 Å². The van der Waals surface area contributed by atoms with E-state index in [1.807, 2.05) is 24.3 Å². The third kappa shape index (κ3) is 5.11. The predicted octanol–water partition coefficient (Wildman–Crippen LogP) is 3.17. The number of carbonyl (C=O) groups is 2. The fourth-order valence-electron chi connectivity index (χ4n) is 1.78. The fourth-order valence-corrected chi connectivity index (χ4v) is 2.83. The van der Waals surface area contributed by atoms with E-state index >= 15 is 0 Å². The highest BCUT2D eigenvalue weighted by Gasteiger charge is 2.18. The van der Waals surface area contributed by atoms with Crippen LogP contribution >= 0.6 is 27.7 Å². The zero-order valence-corrected chi connectivity index (χ0v) is 15.1. The number of urea groups is 1. The van der Waals surface area contributed by atoms with Gasteiger partial charge in [0.1, 0.15) is 0 Å². The molecule has 0 bridgehead atoms. The molecule has 3 N–H and O–H groups in total. The van der Waals surface area contributed by atoms with Crippen LogP contribution in [0.4, 0.5) is 4.79 Å². The molecule has 0 fully saturated rings. The summed E-state index contributed by atoms with van der Waals surface area (Å²) in [6.07, 6.45) is 1.72. The second-order valence-corrected chi connectivity index (χ2v) is 6.96. The number of hydrogen-bond acceptors (Lipinski definition) is 4. The lowest BCUT2D eigenvalue weighted by Gasteiger charge is -2.09. The molecule has 1 heterocycles. The van der Waals surface area contributed by atoms with E-state index in [1.165, 1.54) is 11.8 Å². The van der Waals surface area contributed by atoms with E-state index in [1.54, 1.807) is 20.0 Å². The standard InChI is InChI=1S/C15H17BrN4O2S/c1-3-17-14(22)20-13(21)9(2)23-15-18-8-12(19-15)10-4-6-11(16)7-5-10/h4-9H,3H2,1-2H3,(H,18,19)(H2,17,20,21,22). The SMILES string of the molecule is CCNC(=O)NC(=O)C(C)Sc1ncc(-c2ccc(Br)cc2)[nH]1. The van der Waals surface area contributed by atoms with E-state index in [2.05, 4.69) is 36.5 Å². The number of rotatable bonds is 5. The molecule has 0 spiro atoms. The van der Waals surface area contributed by atoms with Gasteiger partial charge in [-0.15, -0.1) is 0 Å². The topological polar surface area (TPSA) is 86.9 Å². The Morgan fingerprint density at radius 3 is 2.70 bits per heavy atom. The lowest BCUT2D eigenvalue weighted by atomic mass is 10.2. The average molecular weight is 397 g/mol. The molecule has 0 radical (unpaired) electrons. The maximum absolute atomic E-state index is 11.9. The number of aromatic amines is 1. The third-order valence-electron chi connectivity index (χ3n) is 2.94. The van der Waals surface area contributed by atoms with Crippen LogP contribution in [0.1, 0.15) is 13.8 Å². The Hall–Kier alpha value is -1.80. The van der Waals surface area contributed by atoms with Crippen molar-refractivity contribution in [2.45, 2.75) is 24.3 Å². The summed E-state index contributed by atoms with van der Waals surface area (Å²) >= 11 is 4.66. The van der Waals surface area contributed by atoms with Crippen LogP contribution in [0.3, 0.4) is 0 Å². The summed E-state index contributed by atoms with van der Waals surface area (Å²) in [6, 6.07) is 7.35. The largest absolute Gasteiger partial charge is 0.338 e. The molecule has 0 aliphatic carbocycles. The van der Waals surface area contributed by atoms with Gasteiger partial charge >= 0.3 is 6.03 Å². The number of carbonyl (C=O) groups excluding carboxylic acids is 2. The van der Waals surface area contributed by atoms with Crippen molar-refractivity contribution in [3.8, 4) is 11.3 Å². The zero-order valence-electron chi connectivity index (χ0n) is 12.7. The van der Waals surface area contributed by atoms with Gasteiger partial charge in [-0.05, 0) is 31.5 Å². The second kappa shape index (κ2) is 8.16. The molecule has 1 aromatic heterocycles. The smallest absolute Gasteiger partial charge is 0.321 e. The van der Waals surface area contributed by atoms with Gasteiger partial charge in [0, 0.05) is 11.0 Å². The molecule has 1 aromatic carbocycles. The summed E-state index contributed by atoms with van der Waals surface area (Å²) in [5.74, 6) is -0.359. The van der Waals surface area contributed by atoms with E-state index in [0.717, 1.165) is 15.7 Å². The van der Waals surface area contributed by atoms with E-state index in [9.17, 15) is 9.59 Å². The number of hydrogen-bond donors (Lipinski definition) is 3. The Balaban J connectivity index is 1.97. The van der Waals surface area contributed by atoms with Crippen molar-refractivity contribution in [2.24, 2.45) is 0 Å². The van der Waals surface area contributed by atoms with Gasteiger partial charge in [0.25, 0.3) is 0 Å². The summed E-state index contributed by atoms with van der Waals surface area (Å²) in [5, 5.41) is 4.99. The highest BCUT2D eigenvalue weighted by Crippen LogP contribution is 2.25. The van der Waals surface area contributed by atoms with Crippen LogP contribution in [0.5, 0.6) is 0 Å². The number of nitrogens with one attached hydrogen (secondary N) is 3. The van der Waals surface area contributed by atoms with Gasteiger partial charge in [-0.3, -0.25) is 10.1 Å². The zero-order chi connectivity index (χ0) is 16.8. The molecule has 0 aliphatic rings. The molecular weight excluding hydrogens is 380 g/mol. The molecule has 1 unspecified atom stereocenters. The Morgan fingerprint density at radius 1 is 1.35 bits per heavy atom. The molecular formula is C15H17BrN4O2S. The van der Waals surface area contributed by atoms with E-state index in [-0.39, 0.29) is 5.91 Å². The van der Waals surface area contributed by atoms with Crippen LogP contribution in [-0.2, 0) is 4.79 Å². The third-order valence-corrected chi connectivity index (χ3v) is 4.47. The molecule has 1 atom stereocenters. The number of H-pyrrole nitrogens is 1. The Morgan fingerprint density at radius 2 is 2.04 bits per heavy atom. The molecule has 8 heteroatoms. The summed E-state index contributed by atoms with van der Waals surface area (Å²) in [6.45, 7) is 3.98. The summed E-state index contributed by atoms with van der Waals surface area (Å²) < 4.78 is 1.01. The highest BCUT2D eigenvalue weighted by molar-refractivity contribution is 9.10. The minimum Gasteiger partial charge on any atom is -0.338 e. The van der Waals surface area contributed by atoms with Crippen LogP contribution in [0.25, 0.3) is 11.3 Å². The van der Waals surface area contributed by atoms with Gasteiger partial charge in [-0.25, -0.2) is 9.78 Å². The average Bonchev–Trinajstić information content (AvgIpc) is 2.96. The number of halogens is 1. The first-order valence-electron chi connectivity index (χ1n) is 7.06. The molecule has 0 aliphatic heterocycles. The number of imidazole rings is 1. The van der Waals surface area contributed by atoms with Crippen molar-refractivity contribution in [2.75, 3.05) is 6.54 Å². The minimum atomic E-state index is -0.486.